The lowest BCUT2D eigenvalue weighted by atomic mass is 9.85. The Balaban J connectivity index is 1.34. The minimum atomic E-state index is -3.27. The van der Waals surface area contributed by atoms with Gasteiger partial charge < -0.3 is 9.64 Å². The predicted octanol–water partition coefficient (Wildman–Crippen LogP) is 2.36. The number of sulfonamides is 1. The molecule has 2 aliphatic rings. The number of nitrogens with one attached hydrogen (secondary N) is 1. The Morgan fingerprint density at radius 1 is 1.10 bits per heavy atom. The molecule has 1 N–H and O–H groups in total. The molecular weight excluding hydrogens is 414 g/mol. The van der Waals surface area contributed by atoms with Crippen molar-refractivity contribution in [1.29, 1.82) is 0 Å². The fourth-order valence-electron chi connectivity index (χ4n) is 4.70. The van der Waals surface area contributed by atoms with Crippen molar-refractivity contribution in [1.82, 2.24) is 19.9 Å². The van der Waals surface area contributed by atoms with Gasteiger partial charge in [0.05, 0.1) is 24.7 Å². The average molecular weight is 446 g/mol. The quantitative estimate of drug-likeness (QED) is 0.699. The van der Waals surface area contributed by atoms with Gasteiger partial charge in [0.25, 0.3) is 0 Å². The summed E-state index contributed by atoms with van der Waals surface area (Å²) >= 11 is 0. The summed E-state index contributed by atoms with van der Waals surface area (Å²) in [5, 5.41) is 8.26. The number of nitrogens with zero attached hydrogens (tertiary/aromatic N) is 4. The zero-order chi connectivity index (χ0) is 21.7. The van der Waals surface area contributed by atoms with Crippen LogP contribution in [-0.2, 0) is 14.8 Å². The van der Waals surface area contributed by atoms with E-state index in [4.69, 9.17) is 4.74 Å². The van der Waals surface area contributed by atoms with Crippen molar-refractivity contribution in [3.63, 3.8) is 0 Å². The summed E-state index contributed by atoms with van der Waals surface area (Å²) in [5.41, 5.74) is 1.07. The molecule has 2 atom stereocenters. The molecule has 0 radical (unpaired) electrons. The van der Waals surface area contributed by atoms with Crippen LogP contribution in [0, 0.1) is 5.92 Å². The van der Waals surface area contributed by atoms with Gasteiger partial charge in [0.1, 0.15) is 5.82 Å². The Hall–Kier alpha value is -2.10. The van der Waals surface area contributed by atoms with Crippen LogP contribution in [-0.4, -0.2) is 61.7 Å². The van der Waals surface area contributed by atoms with Crippen LogP contribution in [0.4, 0.5) is 5.82 Å². The van der Waals surface area contributed by atoms with Crippen molar-refractivity contribution in [2.24, 2.45) is 5.92 Å². The molecule has 168 valence electrons. The summed E-state index contributed by atoms with van der Waals surface area (Å²) in [7, 11) is -3.27. The van der Waals surface area contributed by atoms with E-state index in [1.807, 2.05) is 24.3 Å². The van der Waals surface area contributed by atoms with E-state index in [1.54, 1.807) is 12.4 Å². The van der Waals surface area contributed by atoms with E-state index in [9.17, 15) is 8.42 Å². The van der Waals surface area contributed by atoms with E-state index in [-0.39, 0.29) is 18.1 Å². The van der Waals surface area contributed by atoms with Crippen LogP contribution in [0.3, 0.4) is 0 Å². The molecule has 1 unspecified atom stereocenters. The number of hydrogen-bond acceptors (Lipinski definition) is 7. The monoisotopic (exact) mass is 445 g/mol. The fourth-order valence-corrected chi connectivity index (χ4v) is 5.56. The van der Waals surface area contributed by atoms with Crippen molar-refractivity contribution >= 4 is 15.8 Å². The second kappa shape index (κ2) is 10.0. The third-order valence-corrected chi connectivity index (χ3v) is 7.03. The first-order valence-corrected chi connectivity index (χ1v) is 12.9. The molecule has 1 aliphatic carbocycles. The lowest BCUT2D eigenvalue weighted by Crippen LogP contribution is -2.52. The van der Waals surface area contributed by atoms with Gasteiger partial charge in [-0.25, -0.2) is 18.1 Å². The summed E-state index contributed by atoms with van der Waals surface area (Å²) in [4.78, 5) is 6.68. The molecule has 1 aliphatic heterocycles. The van der Waals surface area contributed by atoms with Crippen molar-refractivity contribution in [3.8, 4) is 0 Å². The topological polar surface area (TPSA) is 97.3 Å². The second-order valence-corrected chi connectivity index (χ2v) is 10.4. The van der Waals surface area contributed by atoms with E-state index in [2.05, 4.69) is 30.9 Å². The Morgan fingerprint density at radius 2 is 1.94 bits per heavy atom. The normalized spacial score (nSPS) is 27.2. The molecule has 1 saturated heterocycles. The number of hydrogen-bond donors (Lipinski definition) is 1. The smallest absolute Gasteiger partial charge is 0.208 e. The van der Waals surface area contributed by atoms with Gasteiger partial charge in [-0.2, -0.15) is 10.2 Å². The molecule has 2 aromatic heterocycles. The summed E-state index contributed by atoms with van der Waals surface area (Å²) in [6.07, 6.45) is 9.72. The number of ether oxygens (including phenoxy) is 1. The van der Waals surface area contributed by atoms with Gasteiger partial charge in [0.15, 0.2) is 0 Å². The van der Waals surface area contributed by atoms with Crippen molar-refractivity contribution in [2.75, 3.05) is 30.9 Å². The highest BCUT2D eigenvalue weighted by molar-refractivity contribution is 7.88. The van der Waals surface area contributed by atoms with Gasteiger partial charge >= 0.3 is 0 Å². The van der Waals surface area contributed by atoms with Crippen molar-refractivity contribution < 1.29 is 13.2 Å². The summed E-state index contributed by atoms with van der Waals surface area (Å²) in [6.45, 7) is 2.03. The van der Waals surface area contributed by atoms with Gasteiger partial charge in [0, 0.05) is 43.4 Å². The highest BCUT2D eigenvalue weighted by Gasteiger charge is 2.33. The van der Waals surface area contributed by atoms with Crippen LogP contribution in [0.5, 0.6) is 0 Å². The molecule has 2 aromatic rings. The van der Waals surface area contributed by atoms with E-state index < -0.39 is 10.0 Å². The average Bonchev–Trinajstić information content (AvgIpc) is 2.79. The first-order chi connectivity index (χ1) is 15.0. The Bertz CT molecular complexity index is 921. The number of anilines is 1. The molecule has 0 amide bonds. The van der Waals surface area contributed by atoms with E-state index in [0.717, 1.165) is 56.7 Å². The molecule has 8 nitrogen and oxygen atoms in total. The molecule has 0 aromatic carbocycles. The highest BCUT2D eigenvalue weighted by Crippen LogP contribution is 2.33. The molecular formula is C22H31N5O3S. The largest absolute Gasteiger partial charge is 0.378 e. The second-order valence-electron chi connectivity index (χ2n) is 8.63. The Kier molecular flexibility index (Phi) is 7.14. The zero-order valence-electron chi connectivity index (χ0n) is 17.9. The van der Waals surface area contributed by atoms with E-state index in [1.165, 1.54) is 6.26 Å². The number of pyridine rings is 1. The summed E-state index contributed by atoms with van der Waals surface area (Å²) in [5.74, 6) is 1.44. The summed E-state index contributed by atoms with van der Waals surface area (Å²) < 4.78 is 32.9. The molecule has 0 spiro atoms. The molecule has 4 rings (SSSR count). The first-order valence-electron chi connectivity index (χ1n) is 11.0. The maximum Gasteiger partial charge on any atom is 0.208 e. The highest BCUT2D eigenvalue weighted by atomic mass is 32.2. The fraction of sp³-hybridized carbons (Fsp3) is 0.591. The van der Waals surface area contributed by atoms with Crippen molar-refractivity contribution in [3.05, 3.63) is 48.4 Å². The molecule has 3 heterocycles. The standard InChI is InChI=1S/C22H31N5O3S/c1-31(28,29)26-21-11-14-27(22-6-2-3-12-23-22)15-18(21)16-30-19-9-7-17(8-10-19)20-5-4-13-24-25-20/h2-6,12-13,17-19,21,26H,7-11,14-16H2,1H3/t17?,18?,19?,21-/m0/s1. The van der Waals surface area contributed by atoms with Crippen LogP contribution in [0.1, 0.15) is 43.7 Å². The van der Waals surface area contributed by atoms with E-state index >= 15 is 0 Å². The molecule has 9 heteroatoms. The lowest BCUT2D eigenvalue weighted by Gasteiger charge is -2.40. The van der Waals surface area contributed by atoms with Crippen molar-refractivity contribution in [2.45, 2.75) is 50.2 Å². The van der Waals surface area contributed by atoms with Crippen LogP contribution in [0.15, 0.2) is 42.7 Å². The molecule has 31 heavy (non-hydrogen) atoms. The lowest BCUT2D eigenvalue weighted by molar-refractivity contribution is -0.00236. The number of rotatable bonds is 7. The maximum atomic E-state index is 11.9. The number of aromatic nitrogens is 3. The third kappa shape index (κ3) is 6.21. The maximum absolute atomic E-state index is 11.9. The molecule has 1 saturated carbocycles. The minimum absolute atomic E-state index is 0.0724. The minimum Gasteiger partial charge on any atom is -0.378 e. The van der Waals surface area contributed by atoms with Gasteiger partial charge in [-0.1, -0.05) is 6.07 Å². The van der Waals surface area contributed by atoms with Crippen LogP contribution >= 0.6 is 0 Å². The SMILES string of the molecule is CS(=O)(=O)N[C@H]1CCN(c2ccccn2)CC1COC1CCC(c2cccnn2)CC1. The number of piperidine rings is 1. The van der Waals surface area contributed by atoms with Crippen LogP contribution in [0.2, 0.25) is 0 Å². The third-order valence-electron chi connectivity index (χ3n) is 6.30. The first kappa shape index (κ1) is 22.1. The molecule has 2 fully saturated rings. The van der Waals surface area contributed by atoms with Crippen LogP contribution < -0.4 is 9.62 Å². The van der Waals surface area contributed by atoms with Gasteiger partial charge in [-0.15, -0.1) is 0 Å². The van der Waals surface area contributed by atoms with E-state index in [0.29, 0.717) is 12.5 Å². The predicted molar refractivity (Wildman–Crippen MR) is 119 cm³/mol. The Morgan fingerprint density at radius 3 is 2.61 bits per heavy atom. The van der Waals surface area contributed by atoms with Gasteiger partial charge in [-0.3, -0.25) is 0 Å². The van der Waals surface area contributed by atoms with Crippen LogP contribution in [0.25, 0.3) is 0 Å². The Labute approximate surface area is 184 Å². The molecule has 0 bridgehead atoms. The van der Waals surface area contributed by atoms with Gasteiger partial charge in [0.2, 0.25) is 10.0 Å². The van der Waals surface area contributed by atoms with Gasteiger partial charge in [-0.05, 0) is 56.4 Å². The zero-order valence-corrected chi connectivity index (χ0v) is 18.7. The summed E-state index contributed by atoms with van der Waals surface area (Å²) in [6, 6.07) is 9.75.